The zero-order valence-corrected chi connectivity index (χ0v) is 11.2. The molecule has 0 aromatic carbocycles. The Morgan fingerprint density at radius 3 is 2.69 bits per heavy atom. The average Bonchev–Trinajstić information content (AvgIpc) is 2.55. The summed E-state index contributed by atoms with van der Waals surface area (Å²) in [7, 11) is -3.61. The fraction of sp³-hybridized carbons (Fsp3) is 0.444. The quantitative estimate of drug-likeness (QED) is 0.855. The summed E-state index contributed by atoms with van der Waals surface area (Å²) in [5.74, 6) is 2.36. The van der Waals surface area contributed by atoms with Gasteiger partial charge in [0.2, 0.25) is 0 Å². The maximum Gasteiger partial charge on any atom is 0.253 e. The zero-order chi connectivity index (χ0) is 12.3. The van der Waals surface area contributed by atoms with E-state index in [2.05, 4.69) is 15.6 Å². The minimum Gasteiger partial charge on any atom is -0.229 e. The molecule has 0 amide bonds. The van der Waals surface area contributed by atoms with Gasteiger partial charge in [-0.2, -0.15) is 4.72 Å². The van der Waals surface area contributed by atoms with Crippen molar-refractivity contribution in [2.75, 3.05) is 0 Å². The van der Waals surface area contributed by atoms with Gasteiger partial charge in [-0.25, -0.2) is 13.4 Å². The first kappa shape index (κ1) is 13.5. The van der Waals surface area contributed by atoms with Crippen LogP contribution in [0.1, 0.15) is 19.0 Å². The van der Waals surface area contributed by atoms with Crippen LogP contribution in [0.4, 0.5) is 0 Å². The molecule has 0 radical (unpaired) electrons. The normalized spacial score (nSPS) is 13.4. The Hall–Kier alpha value is -0.610. The van der Waals surface area contributed by atoms with Gasteiger partial charge in [-0.3, -0.25) is 0 Å². The zero-order valence-electron chi connectivity index (χ0n) is 8.82. The Kier molecular flexibility index (Phi) is 4.33. The van der Waals surface area contributed by atoms with E-state index in [0.29, 0.717) is 12.1 Å². The molecule has 1 heterocycles. The van der Waals surface area contributed by atoms with Crippen LogP contribution in [-0.4, -0.2) is 19.4 Å². The number of aryl methyl sites for hydroxylation is 1. The average molecular weight is 279 g/mol. The molecule has 1 rings (SSSR count). The Morgan fingerprint density at radius 1 is 1.69 bits per heavy atom. The lowest BCUT2D eigenvalue weighted by Gasteiger charge is -2.09. The highest BCUT2D eigenvalue weighted by atomic mass is 35.5. The first-order chi connectivity index (χ1) is 7.40. The molecular weight excluding hydrogens is 268 g/mol. The Morgan fingerprint density at radius 2 is 2.31 bits per heavy atom. The van der Waals surface area contributed by atoms with Gasteiger partial charge >= 0.3 is 0 Å². The molecule has 0 bridgehead atoms. The fourth-order valence-corrected chi connectivity index (χ4v) is 4.07. The van der Waals surface area contributed by atoms with Crippen LogP contribution in [0, 0.1) is 19.3 Å². The molecule has 88 valence electrons. The number of aromatic nitrogens is 1. The van der Waals surface area contributed by atoms with Crippen LogP contribution in [0.2, 0.25) is 4.47 Å². The summed E-state index contributed by atoms with van der Waals surface area (Å²) in [4.78, 5) is 3.85. The van der Waals surface area contributed by atoms with Gasteiger partial charge in [0.05, 0.1) is 11.7 Å². The first-order valence-corrected chi connectivity index (χ1v) is 7.20. The van der Waals surface area contributed by atoms with Crippen molar-refractivity contribution in [1.82, 2.24) is 9.71 Å². The minimum atomic E-state index is -3.61. The summed E-state index contributed by atoms with van der Waals surface area (Å²) in [6.07, 6.45) is 5.73. The van der Waals surface area contributed by atoms with E-state index in [0.717, 1.165) is 11.3 Å². The Labute approximate surface area is 104 Å². The summed E-state index contributed by atoms with van der Waals surface area (Å²) >= 11 is 6.57. The third-order valence-electron chi connectivity index (χ3n) is 1.88. The van der Waals surface area contributed by atoms with Crippen molar-refractivity contribution in [1.29, 1.82) is 0 Å². The van der Waals surface area contributed by atoms with Crippen LogP contribution in [-0.2, 0) is 10.0 Å². The minimum absolute atomic E-state index is 0.117. The molecule has 0 aliphatic heterocycles. The first-order valence-electron chi connectivity index (χ1n) is 4.52. The lowest BCUT2D eigenvalue weighted by atomic mass is 10.3. The van der Waals surface area contributed by atoms with Gasteiger partial charge in [0, 0.05) is 0 Å². The molecule has 0 saturated carbocycles. The number of sulfonamides is 1. The summed E-state index contributed by atoms with van der Waals surface area (Å²) in [5.41, 5.74) is 0.384. The highest BCUT2D eigenvalue weighted by Gasteiger charge is 2.23. The van der Waals surface area contributed by atoms with Crippen molar-refractivity contribution in [3.05, 3.63) is 10.2 Å². The summed E-state index contributed by atoms with van der Waals surface area (Å²) in [5, 5.41) is 0. The van der Waals surface area contributed by atoms with Gasteiger partial charge in [-0.1, -0.05) is 35.8 Å². The molecule has 4 nitrogen and oxygen atoms in total. The molecule has 1 N–H and O–H groups in total. The number of nitrogens with zero attached hydrogens (tertiary/aromatic N) is 1. The van der Waals surface area contributed by atoms with Gasteiger partial charge in [-0.05, 0) is 13.3 Å². The second-order valence-electron chi connectivity index (χ2n) is 3.09. The SMILES string of the molecule is C#CC(CC)NS(=O)(=O)c1sc(Cl)nc1C. The number of halogens is 1. The van der Waals surface area contributed by atoms with E-state index in [1.807, 2.05) is 0 Å². The highest BCUT2D eigenvalue weighted by molar-refractivity contribution is 7.91. The second-order valence-corrected chi connectivity index (χ2v) is 6.58. The maximum absolute atomic E-state index is 11.9. The molecule has 1 aromatic rings. The van der Waals surface area contributed by atoms with Crippen LogP contribution in [0.5, 0.6) is 0 Å². The van der Waals surface area contributed by atoms with Crippen LogP contribution in [0.25, 0.3) is 0 Å². The van der Waals surface area contributed by atoms with E-state index in [9.17, 15) is 8.42 Å². The largest absolute Gasteiger partial charge is 0.253 e. The molecule has 0 saturated heterocycles. The molecule has 0 aliphatic carbocycles. The Bertz CT molecular complexity index is 516. The van der Waals surface area contributed by atoms with Crippen molar-refractivity contribution in [3.63, 3.8) is 0 Å². The van der Waals surface area contributed by atoms with Crippen molar-refractivity contribution in [3.8, 4) is 12.3 Å². The van der Waals surface area contributed by atoms with E-state index < -0.39 is 16.1 Å². The number of rotatable bonds is 4. The third-order valence-corrected chi connectivity index (χ3v) is 5.22. The molecule has 1 unspecified atom stereocenters. The highest BCUT2D eigenvalue weighted by Crippen LogP contribution is 2.26. The molecular formula is C9H11ClN2O2S2. The van der Waals surface area contributed by atoms with E-state index >= 15 is 0 Å². The predicted molar refractivity (Wildman–Crippen MR) is 65.1 cm³/mol. The molecule has 0 fully saturated rings. The third kappa shape index (κ3) is 2.95. The van der Waals surface area contributed by atoms with Crippen LogP contribution in [0.15, 0.2) is 4.21 Å². The molecule has 7 heteroatoms. The number of hydrogen-bond donors (Lipinski definition) is 1. The maximum atomic E-state index is 11.9. The van der Waals surface area contributed by atoms with Gasteiger partial charge in [-0.15, -0.1) is 6.42 Å². The van der Waals surface area contributed by atoms with Crippen LogP contribution in [0.3, 0.4) is 0 Å². The van der Waals surface area contributed by atoms with E-state index in [1.54, 1.807) is 13.8 Å². The van der Waals surface area contributed by atoms with Gasteiger partial charge in [0.25, 0.3) is 10.0 Å². The molecule has 0 spiro atoms. The standard InChI is InChI=1S/C9H11ClN2O2S2/c1-4-7(5-2)12-16(13,14)8-6(3)11-9(10)15-8/h1,7,12H,5H2,2-3H3. The van der Waals surface area contributed by atoms with Crippen molar-refractivity contribution >= 4 is 33.0 Å². The molecule has 1 aromatic heterocycles. The molecule has 16 heavy (non-hydrogen) atoms. The van der Waals surface area contributed by atoms with Crippen molar-refractivity contribution in [2.45, 2.75) is 30.5 Å². The van der Waals surface area contributed by atoms with E-state index in [4.69, 9.17) is 18.0 Å². The number of hydrogen-bond acceptors (Lipinski definition) is 4. The lowest BCUT2D eigenvalue weighted by molar-refractivity contribution is 0.572. The molecule has 0 aliphatic rings. The fourth-order valence-electron chi connectivity index (χ4n) is 1.08. The molecule has 1 atom stereocenters. The monoisotopic (exact) mass is 278 g/mol. The summed E-state index contributed by atoms with van der Waals surface area (Å²) in [6.45, 7) is 3.40. The van der Waals surface area contributed by atoms with Gasteiger partial charge < -0.3 is 0 Å². The summed E-state index contributed by atoms with van der Waals surface area (Å²) in [6, 6.07) is -0.509. The van der Waals surface area contributed by atoms with Crippen molar-refractivity contribution < 1.29 is 8.42 Å². The van der Waals surface area contributed by atoms with E-state index in [-0.39, 0.29) is 8.68 Å². The second kappa shape index (κ2) is 5.15. The summed E-state index contributed by atoms with van der Waals surface area (Å²) < 4.78 is 26.5. The lowest BCUT2D eigenvalue weighted by Crippen LogP contribution is -2.33. The Balaban J connectivity index is 3.04. The van der Waals surface area contributed by atoms with Gasteiger partial charge in [0.1, 0.15) is 0 Å². The van der Waals surface area contributed by atoms with Crippen molar-refractivity contribution in [2.24, 2.45) is 0 Å². The smallest absolute Gasteiger partial charge is 0.229 e. The van der Waals surface area contributed by atoms with Crippen LogP contribution >= 0.6 is 22.9 Å². The number of thiazole rings is 1. The predicted octanol–water partition coefficient (Wildman–Crippen LogP) is 1.80. The topological polar surface area (TPSA) is 59.1 Å². The van der Waals surface area contributed by atoms with Crippen LogP contribution < -0.4 is 4.72 Å². The van der Waals surface area contributed by atoms with E-state index in [1.165, 1.54) is 0 Å². The van der Waals surface area contributed by atoms with Gasteiger partial charge in [0.15, 0.2) is 8.68 Å². The number of nitrogens with one attached hydrogen (secondary N) is 1. The number of terminal acetylenes is 1.